The Morgan fingerprint density at radius 2 is 1.92 bits per heavy atom. The van der Waals surface area contributed by atoms with E-state index >= 15 is 0 Å². The van der Waals surface area contributed by atoms with E-state index in [0.717, 1.165) is 0 Å². The molecule has 1 aromatic rings. The van der Waals surface area contributed by atoms with Crippen LogP contribution in [0.2, 0.25) is 0 Å². The van der Waals surface area contributed by atoms with Crippen LogP contribution in [0.25, 0.3) is 0 Å². The minimum atomic E-state index is -4.88. The number of ketones is 1. The maximum atomic E-state index is 13.5. The second kappa shape index (κ2) is 6.38. The van der Waals surface area contributed by atoms with Crippen molar-refractivity contribution in [2.24, 2.45) is 0 Å². The molecule has 0 spiro atoms. The van der Waals surface area contributed by atoms with Gasteiger partial charge in [0.25, 0.3) is 0 Å². The first-order valence-electron chi connectivity index (χ1n) is 7.82. The summed E-state index contributed by atoms with van der Waals surface area (Å²) in [5, 5.41) is 0. The Bertz CT molecular complexity index is 775. The fourth-order valence-corrected chi connectivity index (χ4v) is 3.14. The molecular weight excluding hydrogens is 337 g/mol. The van der Waals surface area contributed by atoms with E-state index in [1.54, 1.807) is 30.3 Å². The highest BCUT2D eigenvalue weighted by atomic mass is 19.4. The second-order valence-electron chi connectivity index (χ2n) is 5.67. The van der Waals surface area contributed by atoms with Gasteiger partial charge in [-0.2, -0.15) is 13.2 Å². The molecule has 1 unspecified atom stereocenters. The lowest BCUT2D eigenvalue weighted by Crippen LogP contribution is -2.30. The molecule has 2 aliphatic rings. The molecule has 4 nitrogen and oxygen atoms in total. The minimum Gasteiger partial charge on any atom is -0.463 e. The van der Waals surface area contributed by atoms with Crippen LogP contribution in [0.3, 0.4) is 0 Å². The molecule has 25 heavy (non-hydrogen) atoms. The molecular formula is C18H15F3O4. The van der Waals surface area contributed by atoms with Gasteiger partial charge in [0.1, 0.15) is 5.76 Å². The number of carbonyl (C=O) groups excluding carboxylic acids is 2. The number of rotatable bonds is 3. The maximum absolute atomic E-state index is 13.5. The highest BCUT2D eigenvalue weighted by Gasteiger charge is 2.50. The normalized spacial score (nSPS) is 20.5. The maximum Gasteiger partial charge on any atom is 0.450 e. The van der Waals surface area contributed by atoms with Crippen LogP contribution in [0.5, 0.6) is 0 Å². The average molecular weight is 352 g/mol. The molecule has 0 saturated heterocycles. The molecule has 132 valence electrons. The van der Waals surface area contributed by atoms with Crippen molar-refractivity contribution in [3.63, 3.8) is 0 Å². The van der Waals surface area contributed by atoms with Gasteiger partial charge in [-0.1, -0.05) is 30.3 Å². The minimum absolute atomic E-state index is 0.0146. The highest BCUT2D eigenvalue weighted by molar-refractivity contribution is 6.04. The Kier molecular flexibility index (Phi) is 4.41. The molecule has 7 heteroatoms. The molecule has 0 fully saturated rings. The lowest BCUT2D eigenvalue weighted by atomic mass is 9.81. The lowest BCUT2D eigenvalue weighted by Gasteiger charge is -2.29. The molecule has 0 bridgehead atoms. The van der Waals surface area contributed by atoms with Crippen LogP contribution in [0.15, 0.2) is 53.0 Å². The van der Waals surface area contributed by atoms with Gasteiger partial charge >= 0.3 is 12.1 Å². The molecule has 1 aromatic carbocycles. The van der Waals surface area contributed by atoms with Crippen LogP contribution in [-0.4, -0.2) is 24.5 Å². The SMILES string of the molecule is CCOC(=O)C1=C(C(F)(F)F)OC2=C(C(=O)CC2)C1c1ccccc1. The molecule has 1 aliphatic heterocycles. The summed E-state index contributed by atoms with van der Waals surface area (Å²) >= 11 is 0. The average Bonchev–Trinajstić information content (AvgIpc) is 2.94. The van der Waals surface area contributed by atoms with Crippen LogP contribution in [0.4, 0.5) is 13.2 Å². The van der Waals surface area contributed by atoms with Crippen LogP contribution >= 0.6 is 0 Å². The molecule has 0 aromatic heterocycles. The van der Waals surface area contributed by atoms with Gasteiger partial charge in [-0.15, -0.1) is 0 Å². The van der Waals surface area contributed by atoms with E-state index in [1.807, 2.05) is 0 Å². The summed E-state index contributed by atoms with van der Waals surface area (Å²) < 4.78 is 50.4. The van der Waals surface area contributed by atoms with Crippen molar-refractivity contribution in [2.75, 3.05) is 6.61 Å². The van der Waals surface area contributed by atoms with Gasteiger partial charge < -0.3 is 9.47 Å². The third-order valence-electron chi connectivity index (χ3n) is 4.11. The second-order valence-corrected chi connectivity index (χ2v) is 5.67. The standard InChI is InChI=1S/C18H15F3O4/c1-2-24-17(23)15-13(10-6-4-3-5-7-10)14-11(22)8-9-12(14)25-16(15)18(19,20)21/h3-7,13H,2,8-9H2,1H3. The van der Waals surface area contributed by atoms with Crippen molar-refractivity contribution in [3.05, 3.63) is 58.6 Å². The third kappa shape index (κ3) is 3.06. The van der Waals surface area contributed by atoms with Crippen molar-refractivity contribution >= 4 is 11.8 Å². The Labute approximate surface area is 141 Å². The van der Waals surface area contributed by atoms with E-state index in [9.17, 15) is 22.8 Å². The van der Waals surface area contributed by atoms with Crippen molar-refractivity contribution in [1.82, 2.24) is 0 Å². The zero-order chi connectivity index (χ0) is 18.2. The topological polar surface area (TPSA) is 52.6 Å². The van der Waals surface area contributed by atoms with E-state index in [4.69, 9.17) is 9.47 Å². The summed E-state index contributed by atoms with van der Waals surface area (Å²) in [7, 11) is 0. The van der Waals surface area contributed by atoms with Crippen LogP contribution < -0.4 is 0 Å². The van der Waals surface area contributed by atoms with Gasteiger partial charge in [0.2, 0.25) is 5.76 Å². The first kappa shape index (κ1) is 17.3. The molecule has 1 atom stereocenters. The Hall–Kier alpha value is -2.57. The van der Waals surface area contributed by atoms with Crippen molar-refractivity contribution in [2.45, 2.75) is 31.9 Å². The number of Topliss-reactive ketones (excluding diaryl/α,β-unsaturated/α-hetero) is 1. The Morgan fingerprint density at radius 1 is 1.24 bits per heavy atom. The number of hydrogen-bond acceptors (Lipinski definition) is 4. The molecule has 0 amide bonds. The summed E-state index contributed by atoms with van der Waals surface area (Å²) in [4.78, 5) is 24.6. The van der Waals surface area contributed by atoms with Crippen molar-refractivity contribution < 1.29 is 32.2 Å². The summed E-state index contributed by atoms with van der Waals surface area (Å²) in [6.45, 7) is 1.41. The smallest absolute Gasteiger partial charge is 0.450 e. The van der Waals surface area contributed by atoms with Crippen LogP contribution in [0, 0.1) is 0 Å². The van der Waals surface area contributed by atoms with Gasteiger partial charge in [0.15, 0.2) is 5.78 Å². The first-order chi connectivity index (χ1) is 11.8. The number of carbonyl (C=O) groups is 2. The monoisotopic (exact) mass is 352 g/mol. The quantitative estimate of drug-likeness (QED) is 0.777. The van der Waals surface area contributed by atoms with Gasteiger partial charge in [-0.3, -0.25) is 4.79 Å². The fourth-order valence-electron chi connectivity index (χ4n) is 3.14. The van der Waals surface area contributed by atoms with E-state index in [2.05, 4.69) is 0 Å². The predicted molar refractivity (Wildman–Crippen MR) is 81.2 cm³/mol. The number of ether oxygens (including phenoxy) is 2. The molecule has 0 N–H and O–H groups in total. The number of hydrogen-bond donors (Lipinski definition) is 0. The fraction of sp³-hybridized carbons (Fsp3) is 0.333. The summed E-state index contributed by atoms with van der Waals surface area (Å²) in [5.74, 6) is -4.00. The summed E-state index contributed by atoms with van der Waals surface area (Å²) in [6.07, 6.45) is -4.72. The molecule has 0 radical (unpaired) electrons. The Balaban J connectivity index is 2.24. The summed E-state index contributed by atoms with van der Waals surface area (Å²) in [5.41, 5.74) is -0.143. The molecule has 0 saturated carbocycles. The van der Waals surface area contributed by atoms with Crippen molar-refractivity contribution in [3.8, 4) is 0 Å². The Morgan fingerprint density at radius 3 is 2.52 bits per heavy atom. The van der Waals surface area contributed by atoms with Gasteiger partial charge in [-0.05, 0) is 12.5 Å². The molecule has 1 heterocycles. The number of halogens is 3. The van der Waals surface area contributed by atoms with E-state index in [0.29, 0.717) is 5.56 Å². The van der Waals surface area contributed by atoms with E-state index in [-0.39, 0.29) is 36.6 Å². The predicted octanol–water partition coefficient (Wildman–Crippen LogP) is 3.80. The van der Waals surface area contributed by atoms with Gasteiger partial charge in [0, 0.05) is 18.4 Å². The number of allylic oxidation sites excluding steroid dienone is 3. The zero-order valence-electron chi connectivity index (χ0n) is 13.4. The number of alkyl halides is 3. The number of benzene rings is 1. The lowest BCUT2D eigenvalue weighted by molar-refractivity contribution is -0.145. The van der Waals surface area contributed by atoms with E-state index < -0.39 is 29.4 Å². The molecule has 3 rings (SSSR count). The largest absolute Gasteiger partial charge is 0.463 e. The van der Waals surface area contributed by atoms with Crippen LogP contribution in [-0.2, 0) is 19.1 Å². The van der Waals surface area contributed by atoms with Gasteiger partial charge in [0.05, 0.1) is 18.1 Å². The van der Waals surface area contributed by atoms with Crippen molar-refractivity contribution in [1.29, 1.82) is 0 Å². The number of esters is 1. The van der Waals surface area contributed by atoms with E-state index in [1.165, 1.54) is 6.92 Å². The molecule has 1 aliphatic carbocycles. The van der Waals surface area contributed by atoms with Gasteiger partial charge in [-0.25, -0.2) is 4.79 Å². The first-order valence-corrected chi connectivity index (χ1v) is 7.82. The van der Waals surface area contributed by atoms with Crippen LogP contribution in [0.1, 0.15) is 31.2 Å². The third-order valence-corrected chi connectivity index (χ3v) is 4.11. The highest BCUT2D eigenvalue weighted by Crippen LogP contribution is 2.49. The zero-order valence-corrected chi connectivity index (χ0v) is 13.4. The summed E-state index contributed by atoms with van der Waals surface area (Å²) in [6, 6.07) is 8.15.